The molecule has 2 amide bonds. The molecule has 2 aromatic carbocycles. The highest BCUT2D eigenvalue weighted by Crippen LogP contribution is 2.40. The minimum absolute atomic E-state index is 0.0307. The summed E-state index contributed by atoms with van der Waals surface area (Å²) in [5.41, 5.74) is 0.758. The number of imide groups is 1. The molecule has 0 spiro atoms. The molecule has 0 atom stereocenters. The van der Waals surface area contributed by atoms with Crippen LogP contribution in [0.5, 0.6) is 11.5 Å². The van der Waals surface area contributed by atoms with Crippen molar-refractivity contribution >= 4 is 46.3 Å². The van der Waals surface area contributed by atoms with Gasteiger partial charge in [0.15, 0.2) is 11.5 Å². The van der Waals surface area contributed by atoms with Gasteiger partial charge in [-0.25, -0.2) is 0 Å². The molecule has 1 saturated heterocycles. The second-order valence-corrected chi connectivity index (χ2v) is 8.44. The van der Waals surface area contributed by atoms with E-state index >= 15 is 0 Å². The van der Waals surface area contributed by atoms with E-state index in [9.17, 15) is 19.7 Å². The SMILES string of the molecule is O=C1S/C(=C\c2ccc(-c3ccccc3[N+](=O)[O-])o2)C(=O)N1Cc1cc2c(cc1Cl)OCO2. The number of hydrogen-bond donors (Lipinski definition) is 0. The van der Waals surface area contributed by atoms with Gasteiger partial charge in [-0.15, -0.1) is 0 Å². The maximum absolute atomic E-state index is 12.9. The third kappa shape index (κ3) is 3.94. The number of halogens is 1. The van der Waals surface area contributed by atoms with Crippen molar-refractivity contribution in [1.82, 2.24) is 4.90 Å². The van der Waals surface area contributed by atoms with Crippen molar-refractivity contribution in [3.63, 3.8) is 0 Å². The zero-order valence-electron chi connectivity index (χ0n) is 16.6. The van der Waals surface area contributed by atoms with Crippen molar-refractivity contribution in [1.29, 1.82) is 0 Å². The van der Waals surface area contributed by atoms with Gasteiger partial charge < -0.3 is 13.9 Å². The third-order valence-corrected chi connectivity index (χ3v) is 6.27. The van der Waals surface area contributed by atoms with Crippen LogP contribution in [-0.4, -0.2) is 27.8 Å². The molecule has 1 fully saturated rings. The van der Waals surface area contributed by atoms with Gasteiger partial charge in [0.05, 0.1) is 21.9 Å². The first kappa shape index (κ1) is 21.1. The van der Waals surface area contributed by atoms with Gasteiger partial charge in [-0.1, -0.05) is 23.7 Å². The van der Waals surface area contributed by atoms with Gasteiger partial charge in [-0.05, 0) is 41.6 Å². The lowest BCUT2D eigenvalue weighted by Gasteiger charge is -2.14. The van der Waals surface area contributed by atoms with E-state index in [0.717, 1.165) is 16.7 Å². The van der Waals surface area contributed by atoms with Gasteiger partial charge in [0.25, 0.3) is 16.8 Å². The van der Waals surface area contributed by atoms with Crippen LogP contribution >= 0.6 is 23.4 Å². The summed E-state index contributed by atoms with van der Waals surface area (Å²) in [6, 6.07) is 12.6. The second kappa shape index (κ2) is 8.30. The third-order valence-electron chi connectivity index (χ3n) is 5.01. The first-order valence-corrected chi connectivity index (χ1v) is 10.8. The van der Waals surface area contributed by atoms with Crippen molar-refractivity contribution in [2.24, 2.45) is 0 Å². The molecule has 0 bridgehead atoms. The first-order valence-electron chi connectivity index (χ1n) is 9.58. The predicted molar refractivity (Wildman–Crippen MR) is 120 cm³/mol. The highest BCUT2D eigenvalue weighted by atomic mass is 35.5. The van der Waals surface area contributed by atoms with E-state index in [1.807, 2.05) is 0 Å². The molecule has 11 heteroatoms. The van der Waals surface area contributed by atoms with Crippen molar-refractivity contribution in [2.45, 2.75) is 6.54 Å². The van der Waals surface area contributed by atoms with Gasteiger partial charge in [-0.2, -0.15) is 0 Å². The fourth-order valence-electron chi connectivity index (χ4n) is 3.43. The van der Waals surface area contributed by atoms with Crippen molar-refractivity contribution < 1.29 is 28.4 Å². The highest BCUT2D eigenvalue weighted by Gasteiger charge is 2.36. The number of nitro groups is 1. The molecule has 0 aliphatic carbocycles. The molecule has 0 saturated carbocycles. The van der Waals surface area contributed by atoms with Crippen LogP contribution in [-0.2, 0) is 11.3 Å². The largest absolute Gasteiger partial charge is 0.456 e. The number of carbonyl (C=O) groups is 2. The van der Waals surface area contributed by atoms with E-state index in [0.29, 0.717) is 27.6 Å². The topological polar surface area (TPSA) is 112 Å². The maximum Gasteiger partial charge on any atom is 0.293 e. The number of fused-ring (bicyclic) bond motifs is 1. The van der Waals surface area contributed by atoms with Gasteiger partial charge in [-0.3, -0.25) is 24.6 Å². The smallest absolute Gasteiger partial charge is 0.293 e. The minimum Gasteiger partial charge on any atom is -0.456 e. The number of nitro benzene ring substituents is 1. The highest BCUT2D eigenvalue weighted by molar-refractivity contribution is 8.18. The van der Waals surface area contributed by atoms with Gasteiger partial charge in [0.1, 0.15) is 11.5 Å². The monoisotopic (exact) mass is 484 g/mol. The fraction of sp³-hybridized carbons (Fsp3) is 0.0909. The molecule has 2 aliphatic heterocycles. The zero-order chi connectivity index (χ0) is 23.1. The summed E-state index contributed by atoms with van der Waals surface area (Å²) in [6.07, 6.45) is 1.43. The number of rotatable bonds is 5. The van der Waals surface area contributed by atoms with Crippen LogP contribution in [0.4, 0.5) is 10.5 Å². The van der Waals surface area contributed by atoms with E-state index in [4.69, 9.17) is 25.5 Å². The normalized spacial score (nSPS) is 16.2. The zero-order valence-corrected chi connectivity index (χ0v) is 18.2. The van der Waals surface area contributed by atoms with Crippen LogP contribution in [0.15, 0.2) is 57.9 Å². The Hall–Kier alpha value is -3.76. The van der Waals surface area contributed by atoms with E-state index in [1.54, 1.807) is 42.5 Å². The van der Waals surface area contributed by atoms with Crippen LogP contribution < -0.4 is 9.47 Å². The Labute approximate surface area is 195 Å². The molecular formula is C22H13ClN2O7S. The molecule has 3 aromatic rings. The number of ether oxygens (including phenoxy) is 2. The quantitative estimate of drug-likeness (QED) is 0.266. The predicted octanol–water partition coefficient (Wildman–Crippen LogP) is 5.47. The Morgan fingerprint density at radius 1 is 1.12 bits per heavy atom. The minimum atomic E-state index is -0.498. The first-order chi connectivity index (χ1) is 15.9. The van der Waals surface area contributed by atoms with Gasteiger partial charge in [0, 0.05) is 23.2 Å². The standard InChI is InChI=1S/C22H13ClN2O7S/c23-15-9-19-18(30-11-31-19)7-12(15)10-24-21(26)20(33-22(24)27)8-13-5-6-17(32-13)14-3-1-2-4-16(14)25(28)29/h1-9H,10-11H2/b20-8-. The summed E-state index contributed by atoms with van der Waals surface area (Å²) in [5, 5.41) is 11.2. The second-order valence-electron chi connectivity index (χ2n) is 7.04. The lowest BCUT2D eigenvalue weighted by molar-refractivity contribution is -0.384. The summed E-state index contributed by atoms with van der Waals surface area (Å²) >= 11 is 7.05. The fourth-order valence-corrected chi connectivity index (χ4v) is 4.46. The summed E-state index contributed by atoms with van der Waals surface area (Å²) in [4.78, 5) is 37.4. The molecule has 2 aliphatic rings. The molecule has 5 rings (SSSR count). The van der Waals surface area contributed by atoms with Gasteiger partial charge in [0.2, 0.25) is 6.79 Å². The lowest BCUT2D eigenvalue weighted by Crippen LogP contribution is -2.27. The summed E-state index contributed by atoms with van der Waals surface area (Å²) in [6.45, 7) is 0.0494. The summed E-state index contributed by atoms with van der Waals surface area (Å²) < 4.78 is 16.3. The Kier molecular flexibility index (Phi) is 5.31. The number of thioether (sulfide) groups is 1. The van der Waals surface area contributed by atoms with E-state index in [1.165, 1.54) is 12.1 Å². The average molecular weight is 485 g/mol. The van der Waals surface area contributed by atoms with Crippen LogP contribution in [0.1, 0.15) is 11.3 Å². The number of carbonyl (C=O) groups excluding carboxylic acids is 2. The number of hydrogen-bond acceptors (Lipinski definition) is 8. The Morgan fingerprint density at radius 3 is 2.67 bits per heavy atom. The Balaban J connectivity index is 1.38. The molecule has 1 aromatic heterocycles. The number of benzene rings is 2. The maximum atomic E-state index is 12.9. The van der Waals surface area contributed by atoms with Crippen LogP contribution in [0.2, 0.25) is 5.02 Å². The number of amides is 2. The summed E-state index contributed by atoms with van der Waals surface area (Å²) in [5.74, 6) is 1.07. The van der Waals surface area contributed by atoms with Crippen LogP contribution in [0.25, 0.3) is 17.4 Å². The van der Waals surface area contributed by atoms with E-state index < -0.39 is 16.1 Å². The summed E-state index contributed by atoms with van der Waals surface area (Å²) in [7, 11) is 0. The van der Waals surface area contributed by atoms with E-state index in [-0.39, 0.29) is 35.5 Å². The molecule has 0 radical (unpaired) electrons. The molecule has 0 unspecified atom stereocenters. The van der Waals surface area contributed by atoms with Crippen molar-refractivity contribution in [3.05, 3.63) is 79.9 Å². The van der Waals surface area contributed by atoms with E-state index in [2.05, 4.69) is 0 Å². The molecule has 9 nitrogen and oxygen atoms in total. The molecule has 3 heterocycles. The molecular weight excluding hydrogens is 472 g/mol. The van der Waals surface area contributed by atoms with Crippen LogP contribution in [0, 0.1) is 10.1 Å². The Bertz CT molecular complexity index is 1350. The van der Waals surface area contributed by atoms with Gasteiger partial charge >= 0.3 is 0 Å². The number of para-hydroxylation sites is 1. The number of nitrogens with zero attached hydrogens (tertiary/aromatic N) is 2. The lowest BCUT2D eigenvalue weighted by atomic mass is 10.1. The Morgan fingerprint density at radius 2 is 1.88 bits per heavy atom. The van der Waals surface area contributed by atoms with Crippen molar-refractivity contribution in [3.8, 4) is 22.8 Å². The van der Waals surface area contributed by atoms with Crippen molar-refractivity contribution in [2.75, 3.05) is 6.79 Å². The molecule has 33 heavy (non-hydrogen) atoms. The number of furan rings is 1. The average Bonchev–Trinajstić information content (AvgIpc) is 3.50. The van der Waals surface area contributed by atoms with Crippen LogP contribution in [0.3, 0.4) is 0 Å². The molecule has 0 N–H and O–H groups in total. The molecule has 166 valence electrons.